The van der Waals surface area contributed by atoms with E-state index in [0.717, 1.165) is 33.2 Å². The Balaban J connectivity index is 1.91. The van der Waals surface area contributed by atoms with Crippen molar-refractivity contribution in [2.75, 3.05) is 19.5 Å². The van der Waals surface area contributed by atoms with Crippen LogP contribution in [0.25, 0.3) is 10.6 Å². The Hall–Kier alpha value is -2.93. The summed E-state index contributed by atoms with van der Waals surface area (Å²) in [7, 11) is 3.19. The van der Waals surface area contributed by atoms with Crippen LogP contribution in [0.3, 0.4) is 0 Å². The van der Waals surface area contributed by atoms with Crippen molar-refractivity contribution in [3.05, 3.63) is 51.8 Å². The van der Waals surface area contributed by atoms with Gasteiger partial charge in [0.15, 0.2) is 11.5 Å². The number of nitrogens with one attached hydrogen (secondary N) is 1. The summed E-state index contributed by atoms with van der Waals surface area (Å²) in [6, 6.07) is 7.54. The van der Waals surface area contributed by atoms with E-state index in [1.165, 1.54) is 11.3 Å². The third-order valence-corrected chi connectivity index (χ3v) is 5.60. The Labute approximate surface area is 168 Å². The molecule has 146 valence electrons. The molecule has 0 aliphatic carbocycles. The molecular formula is C21H23N3O3S. The summed E-state index contributed by atoms with van der Waals surface area (Å²) in [6.07, 6.45) is 0. The number of aryl methyl sites for hydroxylation is 4. The van der Waals surface area contributed by atoms with Gasteiger partial charge in [0, 0.05) is 11.3 Å². The summed E-state index contributed by atoms with van der Waals surface area (Å²) in [4.78, 5) is 22.5. The van der Waals surface area contributed by atoms with Gasteiger partial charge in [-0.1, -0.05) is 0 Å². The molecule has 1 aromatic carbocycles. The van der Waals surface area contributed by atoms with Gasteiger partial charge in [-0.05, 0) is 57.5 Å². The number of carbonyl (C=O) groups excluding carboxylic acids is 1. The van der Waals surface area contributed by atoms with Crippen LogP contribution in [0.5, 0.6) is 11.5 Å². The monoisotopic (exact) mass is 397 g/mol. The second-order valence-electron chi connectivity index (χ2n) is 6.50. The number of anilines is 1. The van der Waals surface area contributed by atoms with E-state index in [-0.39, 0.29) is 5.91 Å². The Kier molecular flexibility index (Phi) is 5.65. The van der Waals surface area contributed by atoms with Gasteiger partial charge in [0.25, 0.3) is 5.91 Å². The maximum absolute atomic E-state index is 12.9. The van der Waals surface area contributed by atoms with Gasteiger partial charge in [0.05, 0.1) is 31.3 Å². The molecule has 6 nitrogen and oxygen atoms in total. The van der Waals surface area contributed by atoms with Crippen LogP contribution in [0.1, 0.15) is 32.3 Å². The summed E-state index contributed by atoms with van der Waals surface area (Å²) in [6.45, 7) is 7.63. The molecule has 0 atom stereocenters. The van der Waals surface area contributed by atoms with Crippen molar-refractivity contribution in [2.45, 2.75) is 27.7 Å². The fraction of sp³-hybridized carbons (Fsp3) is 0.286. The molecule has 0 fully saturated rings. The molecule has 0 saturated carbocycles. The standard InChI is InChI=1S/C21H23N3O3S/c1-11-9-12(2)22-13(3)18(11)24-20(25)19-14(4)23-21(28-19)15-7-8-16(26-5)17(10-15)27-6/h7-10H,1-6H3,(H,24,25). The minimum atomic E-state index is -0.182. The van der Waals surface area contributed by atoms with E-state index >= 15 is 0 Å². The number of benzene rings is 1. The number of rotatable bonds is 5. The zero-order valence-electron chi connectivity index (χ0n) is 16.8. The van der Waals surface area contributed by atoms with Crippen LogP contribution in [-0.2, 0) is 0 Å². The molecule has 7 heteroatoms. The van der Waals surface area contributed by atoms with Crippen molar-refractivity contribution in [3.8, 4) is 22.1 Å². The van der Waals surface area contributed by atoms with Gasteiger partial charge >= 0.3 is 0 Å². The summed E-state index contributed by atoms with van der Waals surface area (Å²) < 4.78 is 10.6. The first-order valence-corrected chi connectivity index (χ1v) is 9.61. The maximum Gasteiger partial charge on any atom is 0.267 e. The molecule has 3 rings (SSSR count). The third-order valence-electron chi connectivity index (χ3n) is 4.40. The van der Waals surface area contributed by atoms with Crippen molar-refractivity contribution in [1.82, 2.24) is 9.97 Å². The highest BCUT2D eigenvalue weighted by Crippen LogP contribution is 2.35. The molecule has 0 saturated heterocycles. The highest BCUT2D eigenvalue weighted by Gasteiger charge is 2.19. The predicted octanol–water partition coefficient (Wildman–Crippen LogP) is 4.71. The number of amides is 1. The van der Waals surface area contributed by atoms with E-state index < -0.39 is 0 Å². The Morgan fingerprint density at radius 2 is 1.68 bits per heavy atom. The molecule has 0 unspecified atom stereocenters. The van der Waals surface area contributed by atoms with Gasteiger partial charge in [-0.3, -0.25) is 9.78 Å². The predicted molar refractivity (Wildman–Crippen MR) is 112 cm³/mol. The Morgan fingerprint density at radius 3 is 2.32 bits per heavy atom. The molecule has 2 aromatic heterocycles. The Bertz CT molecular complexity index is 1020. The van der Waals surface area contributed by atoms with E-state index in [4.69, 9.17) is 9.47 Å². The van der Waals surface area contributed by atoms with E-state index in [1.807, 2.05) is 52.0 Å². The van der Waals surface area contributed by atoms with Crippen LogP contribution in [0.2, 0.25) is 0 Å². The maximum atomic E-state index is 12.9. The molecule has 0 radical (unpaired) electrons. The van der Waals surface area contributed by atoms with Crippen molar-refractivity contribution >= 4 is 22.9 Å². The zero-order valence-corrected chi connectivity index (χ0v) is 17.7. The van der Waals surface area contributed by atoms with E-state index in [1.54, 1.807) is 14.2 Å². The smallest absolute Gasteiger partial charge is 0.267 e. The number of thiazole rings is 1. The molecule has 3 aromatic rings. The van der Waals surface area contributed by atoms with Crippen molar-refractivity contribution in [3.63, 3.8) is 0 Å². The number of carbonyl (C=O) groups is 1. The molecule has 0 aliphatic rings. The fourth-order valence-corrected chi connectivity index (χ4v) is 4.04. The molecule has 0 spiro atoms. The normalized spacial score (nSPS) is 10.6. The first-order chi connectivity index (χ1) is 13.3. The van der Waals surface area contributed by atoms with E-state index in [2.05, 4.69) is 15.3 Å². The molecule has 0 bridgehead atoms. The van der Waals surface area contributed by atoms with Gasteiger partial charge in [-0.2, -0.15) is 0 Å². The van der Waals surface area contributed by atoms with Crippen molar-refractivity contribution in [1.29, 1.82) is 0 Å². The lowest BCUT2D eigenvalue weighted by molar-refractivity contribution is 0.102. The number of ether oxygens (including phenoxy) is 2. The summed E-state index contributed by atoms with van der Waals surface area (Å²) in [5.74, 6) is 1.09. The van der Waals surface area contributed by atoms with Gasteiger partial charge in [0.2, 0.25) is 0 Å². The minimum absolute atomic E-state index is 0.182. The molecule has 0 aliphatic heterocycles. The Morgan fingerprint density at radius 1 is 0.964 bits per heavy atom. The lowest BCUT2D eigenvalue weighted by Crippen LogP contribution is -2.14. The van der Waals surface area contributed by atoms with Crippen molar-refractivity contribution in [2.24, 2.45) is 0 Å². The highest BCUT2D eigenvalue weighted by atomic mass is 32.1. The van der Waals surface area contributed by atoms with Crippen LogP contribution < -0.4 is 14.8 Å². The number of hydrogen-bond acceptors (Lipinski definition) is 6. The third kappa shape index (κ3) is 3.84. The van der Waals surface area contributed by atoms with Gasteiger partial charge < -0.3 is 14.8 Å². The first kappa shape index (κ1) is 19.8. The lowest BCUT2D eigenvalue weighted by Gasteiger charge is -2.11. The minimum Gasteiger partial charge on any atom is -0.493 e. The number of hydrogen-bond donors (Lipinski definition) is 1. The van der Waals surface area contributed by atoms with Gasteiger partial charge in [-0.15, -0.1) is 11.3 Å². The number of methoxy groups -OCH3 is 2. The largest absolute Gasteiger partial charge is 0.493 e. The molecule has 1 N–H and O–H groups in total. The van der Waals surface area contributed by atoms with Crippen LogP contribution in [0, 0.1) is 27.7 Å². The molecule has 2 heterocycles. The second kappa shape index (κ2) is 7.98. The number of aromatic nitrogens is 2. The highest BCUT2D eigenvalue weighted by molar-refractivity contribution is 7.17. The quantitative estimate of drug-likeness (QED) is 0.675. The van der Waals surface area contributed by atoms with Crippen molar-refractivity contribution < 1.29 is 14.3 Å². The number of nitrogens with zero attached hydrogens (tertiary/aromatic N) is 2. The van der Waals surface area contributed by atoms with Crippen LogP contribution >= 0.6 is 11.3 Å². The first-order valence-electron chi connectivity index (χ1n) is 8.80. The van der Waals surface area contributed by atoms with Gasteiger partial charge in [0.1, 0.15) is 9.88 Å². The fourth-order valence-electron chi connectivity index (χ4n) is 3.08. The van der Waals surface area contributed by atoms with E-state index in [0.29, 0.717) is 22.1 Å². The number of pyridine rings is 1. The summed E-state index contributed by atoms with van der Waals surface area (Å²) >= 11 is 1.35. The average molecular weight is 398 g/mol. The summed E-state index contributed by atoms with van der Waals surface area (Å²) in [5.41, 5.74) is 5.01. The van der Waals surface area contributed by atoms with Gasteiger partial charge in [-0.25, -0.2) is 4.98 Å². The van der Waals surface area contributed by atoms with E-state index in [9.17, 15) is 4.79 Å². The molecular weight excluding hydrogens is 374 g/mol. The summed E-state index contributed by atoms with van der Waals surface area (Å²) in [5, 5.41) is 3.74. The topological polar surface area (TPSA) is 73.3 Å². The van der Waals surface area contributed by atoms with Crippen LogP contribution in [0.15, 0.2) is 24.3 Å². The van der Waals surface area contributed by atoms with Crippen LogP contribution in [-0.4, -0.2) is 30.1 Å². The SMILES string of the molecule is COc1ccc(-c2nc(C)c(C(=O)Nc3c(C)cc(C)nc3C)s2)cc1OC. The lowest BCUT2D eigenvalue weighted by atomic mass is 10.1. The zero-order chi connectivity index (χ0) is 20.4. The molecule has 1 amide bonds. The second-order valence-corrected chi connectivity index (χ2v) is 7.50. The molecule has 28 heavy (non-hydrogen) atoms. The average Bonchev–Trinajstić information content (AvgIpc) is 3.05. The van der Waals surface area contributed by atoms with Crippen LogP contribution in [0.4, 0.5) is 5.69 Å².